The lowest BCUT2D eigenvalue weighted by molar-refractivity contribution is -0.136. The SMILES string of the molecule is CCNC(=O)CN(CC)C(=O)Cn1nnc(-c2ccccc2Br)n1. The van der Waals surface area contributed by atoms with Crippen LogP contribution in [-0.4, -0.2) is 56.6 Å². The maximum Gasteiger partial charge on any atom is 0.246 e. The van der Waals surface area contributed by atoms with Crippen molar-refractivity contribution in [2.75, 3.05) is 19.6 Å². The number of rotatable bonds is 7. The van der Waals surface area contributed by atoms with Crippen molar-refractivity contribution in [2.24, 2.45) is 0 Å². The molecule has 0 bridgehead atoms. The van der Waals surface area contributed by atoms with Gasteiger partial charge in [0.25, 0.3) is 0 Å². The molecule has 0 radical (unpaired) electrons. The molecule has 1 N–H and O–H groups in total. The van der Waals surface area contributed by atoms with Crippen LogP contribution in [-0.2, 0) is 16.1 Å². The van der Waals surface area contributed by atoms with Crippen molar-refractivity contribution in [1.82, 2.24) is 30.4 Å². The Labute approximate surface area is 148 Å². The van der Waals surface area contributed by atoms with E-state index in [0.717, 1.165) is 10.0 Å². The number of aromatic nitrogens is 4. The zero-order valence-electron chi connectivity index (χ0n) is 13.6. The fourth-order valence-corrected chi connectivity index (χ4v) is 2.55. The maximum absolute atomic E-state index is 12.3. The largest absolute Gasteiger partial charge is 0.355 e. The lowest BCUT2D eigenvalue weighted by Crippen LogP contribution is -2.42. The zero-order valence-corrected chi connectivity index (χ0v) is 15.2. The van der Waals surface area contributed by atoms with E-state index in [1.54, 1.807) is 0 Å². The molecule has 8 nitrogen and oxygen atoms in total. The minimum absolute atomic E-state index is 0.0228. The van der Waals surface area contributed by atoms with Gasteiger partial charge in [0, 0.05) is 23.1 Å². The fourth-order valence-electron chi connectivity index (χ4n) is 2.08. The number of halogens is 1. The van der Waals surface area contributed by atoms with Gasteiger partial charge in [0.05, 0.1) is 6.54 Å². The van der Waals surface area contributed by atoms with E-state index in [1.165, 1.54) is 9.70 Å². The molecule has 2 aromatic rings. The number of carbonyl (C=O) groups is 2. The summed E-state index contributed by atoms with van der Waals surface area (Å²) in [6.07, 6.45) is 0. The molecule has 1 aromatic heterocycles. The van der Waals surface area contributed by atoms with Crippen LogP contribution in [0.2, 0.25) is 0 Å². The summed E-state index contributed by atoms with van der Waals surface area (Å²) in [7, 11) is 0. The van der Waals surface area contributed by atoms with Gasteiger partial charge in [0.2, 0.25) is 17.6 Å². The second kappa shape index (κ2) is 8.53. The zero-order chi connectivity index (χ0) is 17.5. The first-order valence-corrected chi connectivity index (χ1v) is 8.41. The Hall–Kier alpha value is -2.29. The number of tetrazole rings is 1. The predicted molar refractivity (Wildman–Crippen MR) is 91.9 cm³/mol. The van der Waals surface area contributed by atoms with Crippen LogP contribution >= 0.6 is 15.9 Å². The minimum Gasteiger partial charge on any atom is -0.355 e. The molecule has 0 saturated heterocycles. The molecule has 1 heterocycles. The third-order valence-corrected chi connectivity index (χ3v) is 3.98. The summed E-state index contributed by atoms with van der Waals surface area (Å²) in [6, 6.07) is 7.51. The van der Waals surface area contributed by atoms with Gasteiger partial charge in [0.15, 0.2) is 0 Å². The molecule has 24 heavy (non-hydrogen) atoms. The third kappa shape index (κ3) is 4.60. The first kappa shape index (κ1) is 18.1. The van der Waals surface area contributed by atoms with Crippen LogP contribution in [0.25, 0.3) is 11.4 Å². The highest BCUT2D eigenvalue weighted by Gasteiger charge is 2.17. The molecule has 0 spiro atoms. The monoisotopic (exact) mass is 394 g/mol. The molecule has 0 saturated carbocycles. The van der Waals surface area contributed by atoms with E-state index in [0.29, 0.717) is 18.9 Å². The smallest absolute Gasteiger partial charge is 0.246 e. The second-order valence-corrected chi connectivity index (χ2v) is 5.84. The standard InChI is InChI=1S/C15H19BrN6O2/c1-3-17-13(23)9-21(4-2)14(24)10-22-19-15(18-20-22)11-7-5-6-8-12(11)16/h5-8H,3-4,9-10H2,1-2H3,(H,17,23). The topological polar surface area (TPSA) is 93.0 Å². The number of hydrogen-bond acceptors (Lipinski definition) is 5. The van der Waals surface area contributed by atoms with E-state index in [4.69, 9.17) is 0 Å². The Balaban J connectivity index is 2.04. The van der Waals surface area contributed by atoms with Crippen molar-refractivity contribution in [3.05, 3.63) is 28.7 Å². The fraction of sp³-hybridized carbons (Fsp3) is 0.400. The van der Waals surface area contributed by atoms with Crippen molar-refractivity contribution in [3.8, 4) is 11.4 Å². The molecule has 2 rings (SSSR count). The molecular weight excluding hydrogens is 376 g/mol. The van der Waals surface area contributed by atoms with Crippen molar-refractivity contribution in [1.29, 1.82) is 0 Å². The van der Waals surface area contributed by atoms with E-state index < -0.39 is 0 Å². The van der Waals surface area contributed by atoms with Gasteiger partial charge in [-0.3, -0.25) is 9.59 Å². The van der Waals surface area contributed by atoms with E-state index >= 15 is 0 Å². The summed E-state index contributed by atoms with van der Waals surface area (Å²) in [5.41, 5.74) is 0.797. The average molecular weight is 395 g/mol. The van der Waals surface area contributed by atoms with Crippen LogP contribution in [0.15, 0.2) is 28.7 Å². The van der Waals surface area contributed by atoms with Gasteiger partial charge in [-0.25, -0.2) is 0 Å². The van der Waals surface area contributed by atoms with Gasteiger partial charge >= 0.3 is 0 Å². The summed E-state index contributed by atoms with van der Waals surface area (Å²) in [4.78, 5) is 26.6. The van der Waals surface area contributed by atoms with Gasteiger partial charge in [-0.1, -0.05) is 28.1 Å². The number of likely N-dealkylation sites (N-methyl/N-ethyl adjacent to an activating group) is 2. The Morgan fingerprint density at radius 2 is 2.04 bits per heavy atom. The van der Waals surface area contributed by atoms with Crippen LogP contribution in [0, 0.1) is 0 Å². The second-order valence-electron chi connectivity index (χ2n) is 4.98. The summed E-state index contributed by atoms with van der Waals surface area (Å²) in [5.74, 6) is 0.00929. The summed E-state index contributed by atoms with van der Waals surface area (Å²) >= 11 is 3.43. The number of benzene rings is 1. The van der Waals surface area contributed by atoms with Gasteiger partial charge in [-0.2, -0.15) is 4.80 Å². The van der Waals surface area contributed by atoms with Crippen molar-refractivity contribution >= 4 is 27.7 Å². The number of nitrogens with zero attached hydrogens (tertiary/aromatic N) is 5. The van der Waals surface area contributed by atoms with Gasteiger partial charge < -0.3 is 10.2 Å². The quantitative estimate of drug-likeness (QED) is 0.758. The summed E-state index contributed by atoms with van der Waals surface area (Å²) < 4.78 is 0.849. The van der Waals surface area contributed by atoms with Crippen LogP contribution in [0.1, 0.15) is 13.8 Å². The number of hydrogen-bond donors (Lipinski definition) is 1. The highest BCUT2D eigenvalue weighted by atomic mass is 79.9. The Morgan fingerprint density at radius 3 is 2.71 bits per heavy atom. The molecule has 0 fully saturated rings. The van der Waals surface area contributed by atoms with E-state index in [9.17, 15) is 9.59 Å². The van der Waals surface area contributed by atoms with Crippen molar-refractivity contribution in [2.45, 2.75) is 20.4 Å². The molecule has 0 atom stereocenters. The normalized spacial score (nSPS) is 10.5. The molecule has 2 amide bonds. The van der Waals surface area contributed by atoms with Crippen LogP contribution in [0.4, 0.5) is 0 Å². The Morgan fingerprint density at radius 1 is 1.29 bits per heavy atom. The summed E-state index contributed by atoms with van der Waals surface area (Å²) in [5, 5.41) is 14.8. The predicted octanol–water partition coefficient (Wildman–Crippen LogP) is 1.09. The minimum atomic E-state index is -0.236. The van der Waals surface area contributed by atoms with E-state index in [1.807, 2.05) is 38.1 Å². The molecule has 1 aromatic carbocycles. The molecule has 9 heteroatoms. The van der Waals surface area contributed by atoms with Crippen LogP contribution in [0.3, 0.4) is 0 Å². The number of amides is 2. The molecule has 0 unspecified atom stereocenters. The van der Waals surface area contributed by atoms with E-state index in [2.05, 4.69) is 36.7 Å². The van der Waals surface area contributed by atoms with Gasteiger partial charge in [-0.15, -0.1) is 10.2 Å². The Kier molecular flexibility index (Phi) is 6.42. The Bertz CT molecular complexity index is 717. The first-order chi connectivity index (χ1) is 11.5. The molecule has 0 aliphatic heterocycles. The van der Waals surface area contributed by atoms with Crippen LogP contribution < -0.4 is 5.32 Å². The number of nitrogens with one attached hydrogen (secondary N) is 1. The van der Waals surface area contributed by atoms with Gasteiger partial charge in [0.1, 0.15) is 6.54 Å². The van der Waals surface area contributed by atoms with E-state index in [-0.39, 0.29) is 24.9 Å². The van der Waals surface area contributed by atoms with Gasteiger partial charge in [-0.05, 0) is 31.2 Å². The highest BCUT2D eigenvalue weighted by molar-refractivity contribution is 9.10. The lowest BCUT2D eigenvalue weighted by Gasteiger charge is -2.19. The number of carbonyl (C=O) groups excluding carboxylic acids is 2. The maximum atomic E-state index is 12.3. The first-order valence-electron chi connectivity index (χ1n) is 7.62. The summed E-state index contributed by atoms with van der Waals surface area (Å²) in [6.45, 7) is 4.57. The highest BCUT2D eigenvalue weighted by Crippen LogP contribution is 2.24. The third-order valence-electron chi connectivity index (χ3n) is 3.29. The van der Waals surface area contributed by atoms with Crippen molar-refractivity contribution < 1.29 is 9.59 Å². The molecule has 128 valence electrons. The van der Waals surface area contributed by atoms with Crippen LogP contribution in [0.5, 0.6) is 0 Å². The van der Waals surface area contributed by atoms with Crippen molar-refractivity contribution in [3.63, 3.8) is 0 Å². The average Bonchev–Trinajstić information content (AvgIpc) is 3.01. The molecule has 0 aliphatic rings. The molecule has 0 aliphatic carbocycles. The molecular formula is C15H19BrN6O2. The lowest BCUT2D eigenvalue weighted by atomic mass is 10.2.